The average molecular weight is 503 g/mol. The van der Waals surface area contributed by atoms with Crippen molar-refractivity contribution < 1.29 is 14.3 Å². The van der Waals surface area contributed by atoms with E-state index in [1.165, 1.54) is 27.8 Å². The minimum atomic E-state index is -0.475. The second-order valence-corrected chi connectivity index (χ2v) is 11.7. The number of allylic oxidation sites excluding steroid dienone is 1. The van der Waals surface area contributed by atoms with Gasteiger partial charge in [0, 0.05) is 38.0 Å². The number of hydrogen-bond donors (Lipinski definition) is 0. The fourth-order valence-electron chi connectivity index (χ4n) is 5.65. The molecule has 5 nitrogen and oxygen atoms in total. The zero-order valence-electron chi connectivity index (χ0n) is 23.2. The summed E-state index contributed by atoms with van der Waals surface area (Å²) < 4.78 is 5.60. The van der Waals surface area contributed by atoms with Crippen LogP contribution in [0, 0.1) is 12.8 Å². The van der Waals surface area contributed by atoms with Crippen LogP contribution in [0.1, 0.15) is 107 Å². The van der Waals surface area contributed by atoms with Gasteiger partial charge in [-0.1, -0.05) is 42.8 Å². The van der Waals surface area contributed by atoms with E-state index in [1.807, 2.05) is 37.9 Å². The van der Waals surface area contributed by atoms with Gasteiger partial charge in [0.2, 0.25) is 0 Å². The predicted octanol–water partition coefficient (Wildman–Crippen LogP) is 7.56. The van der Waals surface area contributed by atoms with Crippen LogP contribution in [-0.2, 0) is 9.53 Å². The van der Waals surface area contributed by atoms with Crippen molar-refractivity contribution in [2.75, 3.05) is 13.1 Å². The summed E-state index contributed by atoms with van der Waals surface area (Å²) in [7, 11) is 0. The summed E-state index contributed by atoms with van der Waals surface area (Å²) in [6, 6.07) is 10.9. The zero-order valence-corrected chi connectivity index (χ0v) is 23.2. The fraction of sp³-hybridized carbons (Fsp3) is 0.531. The fourth-order valence-corrected chi connectivity index (χ4v) is 5.65. The van der Waals surface area contributed by atoms with E-state index in [-0.39, 0.29) is 12.0 Å². The number of nitrogens with zero attached hydrogens (tertiary/aromatic N) is 2. The Labute approximate surface area is 222 Å². The third-order valence-corrected chi connectivity index (χ3v) is 7.50. The van der Waals surface area contributed by atoms with Crippen molar-refractivity contribution in [1.82, 2.24) is 9.88 Å². The van der Waals surface area contributed by atoms with E-state index in [4.69, 9.17) is 9.72 Å². The maximum atomic E-state index is 12.6. The van der Waals surface area contributed by atoms with E-state index in [0.29, 0.717) is 24.5 Å². The van der Waals surface area contributed by atoms with E-state index in [0.717, 1.165) is 50.9 Å². The molecule has 1 atom stereocenters. The molecule has 1 amide bonds. The Balaban J connectivity index is 1.57. The number of aromatic nitrogens is 1. The number of rotatable bonds is 7. The molecule has 198 valence electrons. The molecule has 2 heterocycles. The molecule has 1 saturated heterocycles. The van der Waals surface area contributed by atoms with Crippen molar-refractivity contribution in [3.63, 3.8) is 0 Å². The SMILES string of the molecule is CCCC(=O)CCC1=Cc2cc(C)ccc2C(CC2CCN(C(=O)OC(C)(C)C)CC2)c2ncccc21. The highest BCUT2D eigenvalue weighted by Crippen LogP contribution is 2.43. The zero-order chi connectivity index (χ0) is 26.6. The van der Waals surface area contributed by atoms with Crippen LogP contribution < -0.4 is 0 Å². The lowest BCUT2D eigenvalue weighted by Gasteiger charge is -2.35. The Kier molecular flexibility index (Phi) is 8.51. The highest BCUT2D eigenvalue weighted by molar-refractivity contribution is 5.88. The molecule has 37 heavy (non-hydrogen) atoms. The van der Waals surface area contributed by atoms with Crippen LogP contribution in [0.3, 0.4) is 0 Å². The summed E-state index contributed by atoms with van der Waals surface area (Å²) >= 11 is 0. The summed E-state index contributed by atoms with van der Waals surface area (Å²) in [4.78, 5) is 31.7. The number of piperidine rings is 1. The molecule has 0 N–H and O–H groups in total. The molecule has 0 spiro atoms. The van der Waals surface area contributed by atoms with Crippen LogP contribution in [0.2, 0.25) is 0 Å². The van der Waals surface area contributed by atoms with Gasteiger partial charge in [-0.25, -0.2) is 4.79 Å². The van der Waals surface area contributed by atoms with Gasteiger partial charge in [-0.2, -0.15) is 0 Å². The van der Waals surface area contributed by atoms with Crippen LogP contribution >= 0.6 is 0 Å². The van der Waals surface area contributed by atoms with Crippen LogP contribution in [0.25, 0.3) is 11.6 Å². The summed E-state index contributed by atoms with van der Waals surface area (Å²) in [6.07, 6.45) is 9.77. The molecule has 2 aromatic rings. The van der Waals surface area contributed by atoms with E-state index in [1.54, 1.807) is 0 Å². The molecule has 0 radical (unpaired) electrons. The van der Waals surface area contributed by atoms with Crippen LogP contribution in [-0.4, -0.2) is 40.5 Å². The third-order valence-electron chi connectivity index (χ3n) is 7.50. The number of pyridine rings is 1. The first-order chi connectivity index (χ1) is 17.6. The number of hydrogen-bond acceptors (Lipinski definition) is 4. The average Bonchev–Trinajstić information content (AvgIpc) is 2.97. The van der Waals surface area contributed by atoms with Crippen molar-refractivity contribution >= 4 is 23.5 Å². The first kappa shape index (κ1) is 27.1. The lowest BCUT2D eigenvalue weighted by atomic mass is 9.80. The van der Waals surface area contributed by atoms with Gasteiger partial charge in [-0.15, -0.1) is 0 Å². The largest absolute Gasteiger partial charge is 0.444 e. The molecule has 0 saturated carbocycles. The number of amides is 1. The highest BCUT2D eigenvalue weighted by Gasteiger charge is 2.32. The number of carbonyl (C=O) groups is 2. The molecular weight excluding hydrogens is 460 g/mol. The van der Waals surface area contributed by atoms with E-state index in [2.05, 4.69) is 44.2 Å². The molecule has 1 aliphatic carbocycles. The summed E-state index contributed by atoms with van der Waals surface area (Å²) in [5.74, 6) is 1.01. The number of benzene rings is 1. The van der Waals surface area contributed by atoms with Gasteiger partial charge in [0.25, 0.3) is 0 Å². The Morgan fingerprint density at radius 1 is 1.11 bits per heavy atom. The number of fused-ring (bicyclic) bond motifs is 2. The second kappa shape index (κ2) is 11.6. The molecule has 1 fully saturated rings. The van der Waals surface area contributed by atoms with E-state index < -0.39 is 5.60 Å². The lowest BCUT2D eigenvalue weighted by Crippen LogP contribution is -2.42. The highest BCUT2D eigenvalue weighted by atomic mass is 16.6. The molecule has 1 aromatic heterocycles. The summed E-state index contributed by atoms with van der Waals surface area (Å²) in [6.45, 7) is 11.4. The Morgan fingerprint density at radius 3 is 2.57 bits per heavy atom. The number of aryl methyl sites for hydroxylation is 1. The maximum Gasteiger partial charge on any atom is 0.410 e. The Hall–Kier alpha value is -2.95. The third kappa shape index (κ3) is 6.88. The minimum Gasteiger partial charge on any atom is -0.444 e. The molecular formula is C32H42N2O3. The smallest absolute Gasteiger partial charge is 0.410 e. The summed E-state index contributed by atoms with van der Waals surface area (Å²) in [5, 5.41) is 0. The molecule has 1 unspecified atom stereocenters. The lowest BCUT2D eigenvalue weighted by molar-refractivity contribution is -0.119. The van der Waals surface area contributed by atoms with Crippen molar-refractivity contribution in [1.29, 1.82) is 0 Å². The summed E-state index contributed by atoms with van der Waals surface area (Å²) in [5.41, 5.74) is 6.83. The van der Waals surface area contributed by atoms with Gasteiger partial charge in [0.05, 0.1) is 5.69 Å². The van der Waals surface area contributed by atoms with Gasteiger partial charge in [0.15, 0.2) is 0 Å². The van der Waals surface area contributed by atoms with Crippen molar-refractivity contribution in [2.45, 2.75) is 91.1 Å². The van der Waals surface area contributed by atoms with Crippen molar-refractivity contribution in [2.24, 2.45) is 5.92 Å². The maximum absolute atomic E-state index is 12.6. The standard InChI is InChI=1S/C32H42N2O3/c1-6-8-26(35)12-11-24-21-25-19-22(2)10-13-27(25)29(30-28(24)9-7-16-33-30)20-23-14-17-34(18-15-23)31(36)37-32(3,4)5/h7,9-10,13,16,19,21,23,29H,6,8,11-12,14-15,17-18,20H2,1-5H3. The topological polar surface area (TPSA) is 59.5 Å². The van der Waals surface area contributed by atoms with Gasteiger partial charge in [-0.3, -0.25) is 9.78 Å². The number of ether oxygens (including phenoxy) is 1. The number of Topliss-reactive ketones (excluding diaryl/α,β-unsaturated/α-hetero) is 1. The van der Waals surface area contributed by atoms with Gasteiger partial charge in [0.1, 0.15) is 11.4 Å². The number of ketones is 1. The van der Waals surface area contributed by atoms with Gasteiger partial charge >= 0.3 is 6.09 Å². The molecule has 2 aliphatic rings. The first-order valence-electron chi connectivity index (χ1n) is 13.9. The van der Waals surface area contributed by atoms with Gasteiger partial charge in [-0.05, 0) is 94.0 Å². The molecule has 1 aromatic carbocycles. The van der Waals surface area contributed by atoms with Crippen molar-refractivity contribution in [3.05, 3.63) is 64.5 Å². The Bertz CT molecular complexity index is 1150. The predicted molar refractivity (Wildman–Crippen MR) is 149 cm³/mol. The molecule has 5 heteroatoms. The molecule has 4 rings (SSSR count). The monoisotopic (exact) mass is 502 g/mol. The van der Waals surface area contributed by atoms with Crippen LogP contribution in [0.4, 0.5) is 4.79 Å². The minimum absolute atomic E-state index is 0.185. The van der Waals surface area contributed by atoms with Crippen LogP contribution in [0.5, 0.6) is 0 Å². The first-order valence-corrected chi connectivity index (χ1v) is 13.9. The molecule has 0 bridgehead atoms. The quantitative estimate of drug-likeness (QED) is 0.392. The van der Waals surface area contributed by atoms with Crippen molar-refractivity contribution in [3.8, 4) is 0 Å². The van der Waals surface area contributed by atoms with Crippen LogP contribution in [0.15, 0.2) is 36.5 Å². The van der Waals surface area contributed by atoms with Gasteiger partial charge < -0.3 is 9.64 Å². The number of carbonyl (C=O) groups excluding carboxylic acids is 2. The molecule has 1 aliphatic heterocycles. The normalized spacial score (nSPS) is 17.9. The number of likely N-dealkylation sites (tertiary alicyclic amines) is 1. The second-order valence-electron chi connectivity index (χ2n) is 11.7. The van der Waals surface area contributed by atoms with E-state index >= 15 is 0 Å². The Morgan fingerprint density at radius 2 is 1.86 bits per heavy atom. The van der Waals surface area contributed by atoms with E-state index in [9.17, 15) is 9.59 Å².